The van der Waals surface area contributed by atoms with Gasteiger partial charge >= 0.3 is 18.1 Å². The van der Waals surface area contributed by atoms with Crippen LogP contribution in [-0.2, 0) is 22.2 Å². The van der Waals surface area contributed by atoms with Crippen molar-refractivity contribution in [3.05, 3.63) is 58.7 Å². The smallest absolute Gasteiger partial charge is 0.416 e. The Balaban J connectivity index is 2.29. The van der Waals surface area contributed by atoms with E-state index in [4.69, 9.17) is 0 Å². The fourth-order valence-electron chi connectivity index (χ4n) is 2.48. The second-order valence-electron chi connectivity index (χ2n) is 5.91. The lowest BCUT2D eigenvalue weighted by Crippen LogP contribution is -2.30. The molecule has 0 amide bonds. The van der Waals surface area contributed by atoms with Crippen molar-refractivity contribution in [3.8, 4) is 0 Å². The van der Waals surface area contributed by atoms with Crippen molar-refractivity contribution < 1.29 is 33.0 Å². The Labute approximate surface area is 135 Å². The molecule has 1 aromatic rings. The molecule has 4 nitrogen and oxygen atoms in total. The third-order valence-corrected chi connectivity index (χ3v) is 4.01. The molecule has 2 rings (SSSR count). The zero-order valence-corrected chi connectivity index (χ0v) is 12.7. The molecule has 1 unspecified atom stereocenters. The number of benzene rings is 1. The number of alkyl halides is 3. The Kier molecular flexibility index (Phi) is 4.55. The van der Waals surface area contributed by atoms with Crippen LogP contribution in [-0.4, -0.2) is 22.2 Å². The highest BCUT2D eigenvalue weighted by Gasteiger charge is 2.36. The Morgan fingerprint density at radius 2 is 1.75 bits per heavy atom. The van der Waals surface area contributed by atoms with Crippen LogP contribution in [0.3, 0.4) is 0 Å². The maximum atomic E-state index is 12.6. The lowest BCUT2D eigenvalue weighted by atomic mass is 9.77. The summed E-state index contributed by atoms with van der Waals surface area (Å²) in [6.45, 7) is 1.42. The number of allylic oxidation sites excluding steroid dienone is 2. The van der Waals surface area contributed by atoms with Gasteiger partial charge in [0, 0.05) is 5.57 Å². The molecule has 0 bridgehead atoms. The van der Waals surface area contributed by atoms with Crippen LogP contribution >= 0.6 is 0 Å². The highest BCUT2D eigenvalue weighted by atomic mass is 19.4. The predicted octanol–water partition coefficient (Wildman–Crippen LogP) is 3.68. The molecule has 0 radical (unpaired) electrons. The minimum absolute atomic E-state index is 0.0395. The van der Waals surface area contributed by atoms with E-state index in [1.165, 1.54) is 31.2 Å². The van der Waals surface area contributed by atoms with E-state index < -0.39 is 29.1 Å². The van der Waals surface area contributed by atoms with E-state index in [0.717, 1.165) is 12.1 Å². The summed E-state index contributed by atoms with van der Waals surface area (Å²) in [4.78, 5) is 22.7. The number of carbonyl (C=O) groups is 2. The summed E-state index contributed by atoms with van der Waals surface area (Å²) in [7, 11) is 0. The first-order valence-electron chi connectivity index (χ1n) is 7.07. The van der Waals surface area contributed by atoms with E-state index >= 15 is 0 Å². The van der Waals surface area contributed by atoms with Crippen LogP contribution in [0, 0.1) is 5.41 Å². The zero-order valence-electron chi connectivity index (χ0n) is 12.7. The van der Waals surface area contributed by atoms with Crippen molar-refractivity contribution in [2.24, 2.45) is 5.41 Å². The van der Waals surface area contributed by atoms with E-state index in [-0.39, 0.29) is 18.4 Å². The number of halogens is 3. The molecule has 0 heterocycles. The van der Waals surface area contributed by atoms with Crippen LogP contribution in [0.4, 0.5) is 13.2 Å². The highest BCUT2D eigenvalue weighted by molar-refractivity contribution is 5.91. The van der Waals surface area contributed by atoms with Crippen molar-refractivity contribution in [1.29, 1.82) is 0 Å². The first-order valence-corrected chi connectivity index (χ1v) is 7.07. The van der Waals surface area contributed by atoms with Gasteiger partial charge in [-0.15, -0.1) is 0 Å². The van der Waals surface area contributed by atoms with E-state index in [1.807, 2.05) is 0 Å². The summed E-state index contributed by atoms with van der Waals surface area (Å²) >= 11 is 0. The molecule has 0 fully saturated rings. The zero-order chi connectivity index (χ0) is 18.1. The van der Waals surface area contributed by atoms with Crippen molar-refractivity contribution in [1.82, 2.24) is 0 Å². The largest absolute Gasteiger partial charge is 0.481 e. The summed E-state index contributed by atoms with van der Waals surface area (Å²) in [6.07, 6.45) is -1.64. The van der Waals surface area contributed by atoms with Gasteiger partial charge in [-0.3, -0.25) is 4.79 Å². The third-order valence-electron chi connectivity index (χ3n) is 4.01. The van der Waals surface area contributed by atoms with Crippen LogP contribution in [0.15, 0.2) is 47.6 Å². The average Bonchev–Trinajstić information content (AvgIpc) is 2.48. The molecule has 1 aliphatic rings. The first-order chi connectivity index (χ1) is 11.0. The highest BCUT2D eigenvalue weighted by Crippen LogP contribution is 2.36. The van der Waals surface area contributed by atoms with Crippen LogP contribution in [0.1, 0.15) is 24.5 Å². The number of carboxylic acids is 2. The quantitative estimate of drug-likeness (QED) is 0.877. The Bertz CT molecular complexity index is 729. The number of rotatable bonds is 4. The fraction of sp³-hybridized carbons (Fsp3) is 0.294. The Morgan fingerprint density at radius 3 is 2.21 bits per heavy atom. The van der Waals surface area contributed by atoms with Crippen molar-refractivity contribution in [2.75, 3.05) is 0 Å². The van der Waals surface area contributed by atoms with E-state index in [1.54, 1.807) is 0 Å². The van der Waals surface area contributed by atoms with E-state index in [2.05, 4.69) is 0 Å². The normalized spacial score (nSPS) is 21.0. The monoisotopic (exact) mass is 340 g/mol. The minimum Gasteiger partial charge on any atom is -0.481 e. The molecule has 1 atom stereocenters. The lowest BCUT2D eigenvalue weighted by Gasteiger charge is -2.26. The summed E-state index contributed by atoms with van der Waals surface area (Å²) in [5.74, 6) is -2.36. The maximum Gasteiger partial charge on any atom is 0.416 e. The second-order valence-corrected chi connectivity index (χ2v) is 5.91. The standard InChI is InChI=1S/C17H15F3O4/c1-16(15(23)24)7-6-11(13(9-16)14(21)22)8-10-2-4-12(5-3-10)17(18,19)20/h2-7H,8-9H2,1H3,(H,21,22)(H,23,24). The molecule has 1 aliphatic carbocycles. The number of hydrogen-bond donors (Lipinski definition) is 2. The van der Waals surface area contributed by atoms with Crippen LogP contribution < -0.4 is 0 Å². The van der Waals surface area contributed by atoms with Crippen LogP contribution in [0.5, 0.6) is 0 Å². The molecule has 0 saturated heterocycles. The van der Waals surface area contributed by atoms with E-state index in [9.17, 15) is 33.0 Å². The molecule has 2 N–H and O–H groups in total. The number of carboxylic acid groups (broad SMARTS) is 2. The van der Waals surface area contributed by atoms with E-state index in [0.29, 0.717) is 11.1 Å². The van der Waals surface area contributed by atoms with Crippen molar-refractivity contribution >= 4 is 11.9 Å². The van der Waals surface area contributed by atoms with Gasteiger partial charge in [-0.25, -0.2) is 4.79 Å². The molecule has 0 saturated carbocycles. The molecular weight excluding hydrogens is 325 g/mol. The molecule has 128 valence electrons. The van der Waals surface area contributed by atoms with Gasteiger partial charge < -0.3 is 10.2 Å². The van der Waals surface area contributed by atoms with Gasteiger partial charge in [-0.2, -0.15) is 13.2 Å². The van der Waals surface area contributed by atoms with Gasteiger partial charge in [0.15, 0.2) is 0 Å². The topological polar surface area (TPSA) is 74.6 Å². The molecular formula is C17H15F3O4. The van der Waals surface area contributed by atoms with Gasteiger partial charge in [0.25, 0.3) is 0 Å². The SMILES string of the molecule is CC1(C(=O)O)C=CC(Cc2ccc(C(F)(F)F)cc2)=C(C(=O)O)C1. The fourth-order valence-corrected chi connectivity index (χ4v) is 2.48. The summed E-state index contributed by atoms with van der Waals surface area (Å²) in [5, 5.41) is 18.5. The Hall–Kier alpha value is -2.57. The van der Waals surface area contributed by atoms with Gasteiger partial charge in [0.2, 0.25) is 0 Å². The molecule has 0 spiro atoms. The van der Waals surface area contributed by atoms with Crippen molar-refractivity contribution in [2.45, 2.75) is 25.9 Å². The first kappa shape index (κ1) is 17.8. The van der Waals surface area contributed by atoms with Crippen molar-refractivity contribution in [3.63, 3.8) is 0 Å². The summed E-state index contributed by atoms with van der Waals surface area (Å²) in [5.41, 5.74) is -1.22. The minimum atomic E-state index is -4.43. The summed E-state index contributed by atoms with van der Waals surface area (Å²) < 4.78 is 37.7. The number of aliphatic carboxylic acids is 2. The molecule has 24 heavy (non-hydrogen) atoms. The summed E-state index contributed by atoms with van der Waals surface area (Å²) in [6, 6.07) is 4.44. The third kappa shape index (κ3) is 3.67. The molecule has 0 aliphatic heterocycles. The van der Waals surface area contributed by atoms with Gasteiger partial charge in [-0.1, -0.05) is 24.3 Å². The van der Waals surface area contributed by atoms with Gasteiger partial charge in [-0.05, 0) is 43.0 Å². The molecule has 1 aromatic carbocycles. The van der Waals surface area contributed by atoms with Crippen LogP contribution in [0.25, 0.3) is 0 Å². The van der Waals surface area contributed by atoms with Gasteiger partial charge in [0.1, 0.15) is 0 Å². The van der Waals surface area contributed by atoms with Gasteiger partial charge in [0.05, 0.1) is 11.0 Å². The molecule has 7 heteroatoms. The predicted molar refractivity (Wildman–Crippen MR) is 79.3 cm³/mol. The second kappa shape index (κ2) is 6.14. The number of hydrogen-bond acceptors (Lipinski definition) is 2. The van der Waals surface area contributed by atoms with Crippen LogP contribution in [0.2, 0.25) is 0 Å². The average molecular weight is 340 g/mol. The molecule has 0 aromatic heterocycles. The lowest BCUT2D eigenvalue weighted by molar-refractivity contribution is -0.145. The maximum absolute atomic E-state index is 12.6. The Morgan fingerprint density at radius 1 is 1.17 bits per heavy atom.